The van der Waals surface area contributed by atoms with Crippen LogP contribution in [0.25, 0.3) is 0 Å². The zero-order valence-corrected chi connectivity index (χ0v) is 9.82. The lowest BCUT2D eigenvalue weighted by Gasteiger charge is -2.17. The van der Waals surface area contributed by atoms with E-state index in [1.807, 2.05) is 24.3 Å². The Kier molecular flexibility index (Phi) is 4.30. The van der Waals surface area contributed by atoms with Gasteiger partial charge in [0.25, 0.3) is 0 Å². The number of halogens is 1. The van der Waals surface area contributed by atoms with Crippen molar-refractivity contribution >= 4 is 33.9 Å². The first-order chi connectivity index (χ1) is 7.15. The number of aldehydes is 1. The van der Waals surface area contributed by atoms with Gasteiger partial charge in [-0.3, -0.25) is 4.90 Å². The second kappa shape index (κ2) is 5.50. The van der Waals surface area contributed by atoms with Gasteiger partial charge in [-0.2, -0.15) is 0 Å². The van der Waals surface area contributed by atoms with Crippen molar-refractivity contribution in [1.29, 1.82) is 0 Å². The lowest BCUT2D eigenvalue weighted by atomic mass is 10.3. The SMILES string of the molecule is CN(C(=O)NCC=O)c1ccc(Br)cc1. The van der Waals surface area contributed by atoms with Crippen molar-refractivity contribution in [1.82, 2.24) is 5.32 Å². The molecule has 2 amide bonds. The van der Waals surface area contributed by atoms with Crippen LogP contribution in [-0.4, -0.2) is 25.9 Å². The molecule has 0 aromatic heterocycles. The summed E-state index contributed by atoms with van der Waals surface area (Å²) in [5.74, 6) is 0. The Labute approximate surface area is 96.4 Å². The summed E-state index contributed by atoms with van der Waals surface area (Å²) in [7, 11) is 1.64. The predicted octanol–water partition coefficient (Wildman–Crippen LogP) is 1.79. The van der Waals surface area contributed by atoms with E-state index in [4.69, 9.17) is 0 Å². The standard InChI is InChI=1S/C10H11BrN2O2/c1-13(10(15)12-6-7-14)9-4-2-8(11)3-5-9/h2-5,7H,6H2,1H3,(H,12,15). The minimum atomic E-state index is -0.301. The molecule has 1 aromatic rings. The minimum Gasteiger partial charge on any atom is -0.331 e. The molecule has 80 valence electrons. The van der Waals surface area contributed by atoms with E-state index >= 15 is 0 Å². The van der Waals surface area contributed by atoms with E-state index in [1.54, 1.807) is 7.05 Å². The Bertz CT molecular complexity index is 351. The van der Waals surface area contributed by atoms with Crippen LogP contribution in [0.5, 0.6) is 0 Å². The fourth-order valence-corrected chi connectivity index (χ4v) is 1.29. The normalized spacial score (nSPS) is 9.47. The molecule has 0 unspecified atom stereocenters. The Hall–Kier alpha value is -1.36. The third-order valence-electron chi connectivity index (χ3n) is 1.86. The van der Waals surface area contributed by atoms with Gasteiger partial charge >= 0.3 is 6.03 Å². The molecule has 0 bridgehead atoms. The summed E-state index contributed by atoms with van der Waals surface area (Å²) >= 11 is 3.31. The van der Waals surface area contributed by atoms with E-state index in [9.17, 15) is 9.59 Å². The highest BCUT2D eigenvalue weighted by atomic mass is 79.9. The molecule has 0 spiro atoms. The Morgan fingerprint density at radius 3 is 2.60 bits per heavy atom. The number of rotatable bonds is 3. The number of hydrogen-bond acceptors (Lipinski definition) is 2. The first-order valence-electron chi connectivity index (χ1n) is 4.36. The van der Waals surface area contributed by atoms with Crippen LogP contribution in [0.2, 0.25) is 0 Å². The van der Waals surface area contributed by atoms with Crippen LogP contribution in [0.4, 0.5) is 10.5 Å². The van der Waals surface area contributed by atoms with E-state index in [-0.39, 0.29) is 12.6 Å². The first-order valence-corrected chi connectivity index (χ1v) is 5.15. The highest BCUT2D eigenvalue weighted by Crippen LogP contribution is 2.16. The number of nitrogens with one attached hydrogen (secondary N) is 1. The Balaban J connectivity index is 2.67. The van der Waals surface area contributed by atoms with Gasteiger partial charge < -0.3 is 10.1 Å². The van der Waals surface area contributed by atoms with Crippen LogP contribution in [0.1, 0.15) is 0 Å². The largest absolute Gasteiger partial charge is 0.331 e. The zero-order valence-electron chi connectivity index (χ0n) is 8.24. The second-order valence-electron chi connectivity index (χ2n) is 2.89. The summed E-state index contributed by atoms with van der Waals surface area (Å²) < 4.78 is 0.952. The topological polar surface area (TPSA) is 49.4 Å². The Morgan fingerprint density at radius 1 is 1.47 bits per heavy atom. The fourth-order valence-electron chi connectivity index (χ4n) is 1.03. The van der Waals surface area contributed by atoms with Crippen LogP contribution >= 0.6 is 15.9 Å². The summed E-state index contributed by atoms with van der Waals surface area (Å²) in [5, 5.41) is 2.45. The van der Waals surface area contributed by atoms with Gasteiger partial charge in [-0.25, -0.2) is 4.79 Å². The van der Waals surface area contributed by atoms with Gasteiger partial charge in [0, 0.05) is 17.2 Å². The van der Waals surface area contributed by atoms with Crippen LogP contribution in [-0.2, 0) is 4.79 Å². The maximum absolute atomic E-state index is 11.4. The van der Waals surface area contributed by atoms with Crippen LogP contribution in [0, 0.1) is 0 Å². The van der Waals surface area contributed by atoms with Crippen molar-refractivity contribution in [2.24, 2.45) is 0 Å². The molecule has 1 N–H and O–H groups in total. The number of amides is 2. The molecule has 0 radical (unpaired) electrons. The van der Waals surface area contributed by atoms with Gasteiger partial charge in [0.15, 0.2) is 0 Å². The molecule has 0 atom stereocenters. The number of nitrogens with zero attached hydrogens (tertiary/aromatic N) is 1. The molecular formula is C10H11BrN2O2. The van der Waals surface area contributed by atoms with Gasteiger partial charge in [-0.05, 0) is 24.3 Å². The Morgan fingerprint density at radius 2 is 2.07 bits per heavy atom. The fraction of sp³-hybridized carbons (Fsp3) is 0.200. The van der Waals surface area contributed by atoms with Crippen molar-refractivity contribution in [3.63, 3.8) is 0 Å². The van der Waals surface area contributed by atoms with Gasteiger partial charge in [-0.1, -0.05) is 15.9 Å². The minimum absolute atomic E-state index is 0.0275. The number of carbonyl (C=O) groups is 2. The van der Waals surface area contributed by atoms with Crippen molar-refractivity contribution in [2.75, 3.05) is 18.5 Å². The summed E-state index contributed by atoms with van der Waals surface area (Å²) in [5.41, 5.74) is 0.765. The molecule has 15 heavy (non-hydrogen) atoms. The molecule has 0 heterocycles. The maximum Gasteiger partial charge on any atom is 0.321 e. The van der Waals surface area contributed by atoms with E-state index in [2.05, 4.69) is 21.2 Å². The summed E-state index contributed by atoms with van der Waals surface area (Å²) in [4.78, 5) is 22.9. The van der Waals surface area contributed by atoms with Gasteiger partial charge in [0.05, 0.1) is 6.54 Å². The molecule has 0 saturated heterocycles. The third kappa shape index (κ3) is 3.36. The monoisotopic (exact) mass is 270 g/mol. The zero-order chi connectivity index (χ0) is 11.3. The average molecular weight is 271 g/mol. The molecule has 0 aliphatic rings. The van der Waals surface area contributed by atoms with E-state index in [1.165, 1.54) is 4.90 Å². The first kappa shape index (κ1) is 11.7. The number of carbonyl (C=O) groups excluding carboxylic acids is 2. The van der Waals surface area contributed by atoms with Crippen molar-refractivity contribution in [2.45, 2.75) is 0 Å². The number of hydrogen-bond donors (Lipinski definition) is 1. The highest BCUT2D eigenvalue weighted by molar-refractivity contribution is 9.10. The maximum atomic E-state index is 11.4. The van der Waals surface area contributed by atoms with E-state index < -0.39 is 0 Å². The highest BCUT2D eigenvalue weighted by Gasteiger charge is 2.08. The third-order valence-corrected chi connectivity index (χ3v) is 2.38. The van der Waals surface area contributed by atoms with Crippen molar-refractivity contribution in [3.05, 3.63) is 28.7 Å². The summed E-state index contributed by atoms with van der Waals surface area (Å²) in [6.45, 7) is 0.0275. The number of benzene rings is 1. The molecule has 0 aliphatic carbocycles. The molecule has 0 fully saturated rings. The lowest BCUT2D eigenvalue weighted by molar-refractivity contribution is -0.107. The van der Waals surface area contributed by atoms with Crippen LogP contribution < -0.4 is 10.2 Å². The van der Waals surface area contributed by atoms with E-state index in [0.29, 0.717) is 6.29 Å². The smallest absolute Gasteiger partial charge is 0.321 e. The van der Waals surface area contributed by atoms with Gasteiger partial charge in [0.2, 0.25) is 0 Å². The molecule has 0 saturated carbocycles. The molecule has 4 nitrogen and oxygen atoms in total. The van der Waals surface area contributed by atoms with Crippen LogP contribution in [0.15, 0.2) is 28.7 Å². The van der Waals surface area contributed by atoms with Gasteiger partial charge in [-0.15, -0.1) is 0 Å². The average Bonchev–Trinajstić information content (AvgIpc) is 2.26. The molecular weight excluding hydrogens is 260 g/mol. The van der Waals surface area contributed by atoms with Gasteiger partial charge in [0.1, 0.15) is 6.29 Å². The lowest BCUT2D eigenvalue weighted by Crippen LogP contribution is -2.38. The molecule has 1 rings (SSSR count). The summed E-state index contributed by atoms with van der Waals surface area (Å²) in [6, 6.07) is 7.01. The van der Waals surface area contributed by atoms with E-state index in [0.717, 1.165) is 10.2 Å². The molecule has 1 aromatic carbocycles. The quantitative estimate of drug-likeness (QED) is 0.852. The van der Waals surface area contributed by atoms with Crippen LogP contribution in [0.3, 0.4) is 0 Å². The number of anilines is 1. The number of urea groups is 1. The molecule has 5 heteroatoms. The summed E-state index contributed by atoms with van der Waals surface area (Å²) in [6.07, 6.45) is 0.646. The van der Waals surface area contributed by atoms with Crippen molar-refractivity contribution < 1.29 is 9.59 Å². The predicted molar refractivity (Wildman–Crippen MR) is 62.0 cm³/mol. The molecule has 0 aliphatic heterocycles. The second-order valence-corrected chi connectivity index (χ2v) is 3.80. The van der Waals surface area contributed by atoms with Crippen molar-refractivity contribution in [3.8, 4) is 0 Å².